The number of carboxylic acid groups (broad SMARTS) is 1. The molecule has 0 saturated carbocycles. The van der Waals surface area contributed by atoms with Gasteiger partial charge in [0.25, 0.3) is 5.91 Å². The van der Waals surface area contributed by atoms with E-state index in [4.69, 9.17) is 0 Å². The zero-order valence-electron chi connectivity index (χ0n) is 18.5. The Labute approximate surface area is 202 Å². The summed E-state index contributed by atoms with van der Waals surface area (Å²) in [7, 11) is 1.49. The van der Waals surface area contributed by atoms with Gasteiger partial charge in [-0.05, 0) is 31.2 Å². The van der Waals surface area contributed by atoms with E-state index in [0.29, 0.717) is 11.3 Å². The number of hydrogen-bond acceptors (Lipinski definition) is 4. The maximum absolute atomic E-state index is 12.6. The van der Waals surface area contributed by atoms with Gasteiger partial charge in [0.2, 0.25) is 0 Å². The summed E-state index contributed by atoms with van der Waals surface area (Å²) >= 11 is 0. The topological polar surface area (TPSA) is 121 Å². The van der Waals surface area contributed by atoms with Crippen molar-refractivity contribution in [3.8, 4) is 5.69 Å². The van der Waals surface area contributed by atoms with Gasteiger partial charge < -0.3 is 26.6 Å². The number of carboxylic acids is 1. The van der Waals surface area contributed by atoms with Crippen LogP contribution in [0.15, 0.2) is 60.4 Å². The van der Waals surface area contributed by atoms with Crippen molar-refractivity contribution in [2.75, 3.05) is 7.05 Å². The van der Waals surface area contributed by atoms with Crippen LogP contribution in [0.2, 0.25) is 0 Å². The number of hydrogen-bond donors (Lipinski definition) is 3. The average molecular weight is 434 g/mol. The first kappa shape index (κ1) is 24.4. The molecule has 1 aromatic heterocycles. The first-order valence-electron chi connectivity index (χ1n) is 9.28. The van der Waals surface area contributed by atoms with E-state index in [1.54, 1.807) is 29.8 Å². The standard InChI is InChI=1S/C21H22N4O5.Na.H/c1-13-12-24(2)20(29)18(19(13)28)23-21(30)22-15(11-17(26)27)16-9-6-10-25(16)14-7-4-3-5-8-14;;/h3-10,12,15,18H,11H2,1-2H3,(H,26,27)(H2,22,23,30);;/q;+1;-1/t15-,18?;;/m0../s1. The quantitative estimate of drug-likeness (QED) is 0.387. The number of rotatable bonds is 6. The molecule has 31 heavy (non-hydrogen) atoms. The van der Waals surface area contributed by atoms with Gasteiger partial charge in [-0.2, -0.15) is 0 Å². The number of urea groups is 1. The van der Waals surface area contributed by atoms with Gasteiger partial charge in [0.05, 0.1) is 12.5 Å². The molecule has 3 amide bonds. The van der Waals surface area contributed by atoms with E-state index in [2.05, 4.69) is 10.6 Å². The van der Waals surface area contributed by atoms with Gasteiger partial charge in [0, 0.05) is 36.4 Å². The molecule has 2 heterocycles. The summed E-state index contributed by atoms with van der Waals surface area (Å²) in [6, 6.07) is 9.66. The van der Waals surface area contributed by atoms with Crippen LogP contribution in [0.3, 0.4) is 0 Å². The summed E-state index contributed by atoms with van der Waals surface area (Å²) in [5.74, 6) is -2.18. The van der Waals surface area contributed by atoms with Crippen molar-refractivity contribution in [2.24, 2.45) is 0 Å². The Bertz CT molecular complexity index is 1020. The summed E-state index contributed by atoms with van der Waals surface area (Å²) in [4.78, 5) is 49.8. The van der Waals surface area contributed by atoms with E-state index in [1.807, 2.05) is 30.3 Å². The molecule has 9 nitrogen and oxygen atoms in total. The molecule has 0 aliphatic carbocycles. The van der Waals surface area contributed by atoms with Gasteiger partial charge in [-0.1, -0.05) is 18.2 Å². The van der Waals surface area contributed by atoms with Crippen LogP contribution in [-0.2, 0) is 14.4 Å². The summed E-state index contributed by atoms with van der Waals surface area (Å²) in [6.45, 7) is 1.55. The predicted octanol–water partition coefficient (Wildman–Crippen LogP) is -1.28. The number of carbonyl (C=O) groups is 4. The van der Waals surface area contributed by atoms with E-state index >= 15 is 0 Å². The molecule has 3 N–H and O–H groups in total. The second kappa shape index (κ2) is 10.4. The van der Waals surface area contributed by atoms with E-state index in [1.165, 1.54) is 18.1 Å². The van der Waals surface area contributed by atoms with Crippen molar-refractivity contribution in [1.29, 1.82) is 0 Å². The molecule has 0 bridgehead atoms. The van der Waals surface area contributed by atoms with Crippen LogP contribution in [-0.4, -0.2) is 51.4 Å². The molecule has 0 fully saturated rings. The number of ketones is 1. The Balaban J connectivity index is 0.00000256. The summed E-state index contributed by atoms with van der Waals surface area (Å²) in [6.07, 6.45) is 2.78. The Morgan fingerprint density at radius 3 is 2.48 bits per heavy atom. The van der Waals surface area contributed by atoms with Crippen LogP contribution >= 0.6 is 0 Å². The minimum Gasteiger partial charge on any atom is -1.00 e. The van der Waals surface area contributed by atoms with Gasteiger partial charge in [0.15, 0.2) is 11.8 Å². The zero-order chi connectivity index (χ0) is 21.8. The molecular formula is C21H23N4NaO5. The van der Waals surface area contributed by atoms with E-state index in [9.17, 15) is 24.3 Å². The van der Waals surface area contributed by atoms with Crippen LogP contribution in [0.1, 0.15) is 26.5 Å². The Morgan fingerprint density at radius 2 is 1.84 bits per heavy atom. The van der Waals surface area contributed by atoms with Crippen molar-refractivity contribution in [3.05, 3.63) is 66.1 Å². The van der Waals surface area contributed by atoms with Crippen molar-refractivity contribution in [1.82, 2.24) is 20.1 Å². The molecule has 2 aromatic rings. The fraction of sp³-hybridized carbons (Fsp3) is 0.238. The average Bonchev–Trinajstić information content (AvgIpc) is 3.19. The third-order valence-corrected chi connectivity index (χ3v) is 4.76. The maximum Gasteiger partial charge on any atom is 1.00 e. The van der Waals surface area contributed by atoms with Gasteiger partial charge in [-0.25, -0.2) is 4.79 Å². The third kappa shape index (κ3) is 5.63. The number of aliphatic carboxylic acids is 1. The number of amides is 3. The normalized spacial score (nSPS) is 16.8. The first-order chi connectivity index (χ1) is 14.3. The smallest absolute Gasteiger partial charge is 1.00 e. The fourth-order valence-corrected chi connectivity index (χ4v) is 3.33. The number of nitrogens with zero attached hydrogens (tertiary/aromatic N) is 2. The SMILES string of the molecule is CC1=CN(C)C(=O)C(NC(=O)N[C@@H](CC(=O)O)c2cccn2-c2ccccc2)C1=O.[H-].[Na+]. The summed E-state index contributed by atoms with van der Waals surface area (Å²) in [5.41, 5.74) is 1.69. The maximum atomic E-state index is 12.6. The van der Waals surface area contributed by atoms with Gasteiger partial charge in [-0.3, -0.25) is 14.4 Å². The number of benzene rings is 1. The molecule has 1 aliphatic heterocycles. The molecule has 1 aliphatic rings. The van der Waals surface area contributed by atoms with Crippen LogP contribution in [0.4, 0.5) is 4.79 Å². The number of para-hydroxylation sites is 1. The van der Waals surface area contributed by atoms with Gasteiger partial charge in [-0.15, -0.1) is 0 Å². The van der Waals surface area contributed by atoms with Gasteiger partial charge >= 0.3 is 41.6 Å². The number of aromatic nitrogens is 1. The Hall–Kier alpha value is -2.88. The summed E-state index contributed by atoms with van der Waals surface area (Å²) in [5, 5.41) is 14.3. The molecule has 3 rings (SSSR count). The number of Topliss-reactive ketones (excluding diaryl/α,β-unsaturated/α-hetero) is 1. The van der Waals surface area contributed by atoms with Crippen LogP contribution in [0.5, 0.6) is 0 Å². The van der Waals surface area contributed by atoms with Crippen LogP contribution in [0.25, 0.3) is 5.69 Å². The number of likely N-dealkylation sites (N-methyl/N-ethyl adjacent to an activating group) is 1. The van der Waals surface area contributed by atoms with Crippen LogP contribution < -0.4 is 40.2 Å². The van der Waals surface area contributed by atoms with Crippen molar-refractivity contribution >= 4 is 23.7 Å². The molecule has 2 atom stereocenters. The molecule has 0 saturated heterocycles. The zero-order valence-corrected chi connectivity index (χ0v) is 19.5. The minimum atomic E-state index is -1.36. The number of nitrogens with one attached hydrogen (secondary N) is 2. The molecule has 0 radical (unpaired) electrons. The molecule has 1 aromatic carbocycles. The third-order valence-electron chi connectivity index (χ3n) is 4.76. The monoisotopic (exact) mass is 434 g/mol. The van der Waals surface area contributed by atoms with Crippen molar-refractivity contribution < 1.29 is 55.3 Å². The fourth-order valence-electron chi connectivity index (χ4n) is 3.33. The van der Waals surface area contributed by atoms with Gasteiger partial charge in [0.1, 0.15) is 0 Å². The van der Waals surface area contributed by atoms with Crippen molar-refractivity contribution in [3.63, 3.8) is 0 Å². The first-order valence-corrected chi connectivity index (χ1v) is 9.28. The molecular weight excluding hydrogens is 411 g/mol. The molecule has 10 heteroatoms. The van der Waals surface area contributed by atoms with Crippen LogP contribution in [0, 0.1) is 0 Å². The number of carbonyl (C=O) groups excluding carboxylic acids is 3. The van der Waals surface area contributed by atoms with Crippen molar-refractivity contribution in [2.45, 2.75) is 25.4 Å². The van der Waals surface area contributed by atoms with E-state index in [-0.39, 0.29) is 37.4 Å². The molecule has 0 spiro atoms. The van der Waals surface area contributed by atoms with E-state index < -0.39 is 35.8 Å². The molecule has 158 valence electrons. The Morgan fingerprint density at radius 1 is 1.16 bits per heavy atom. The van der Waals surface area contributed by atoms with E-state index in [0.717, 1.165) is 5.69 Å². The second-order valence-electron chi connectivity index (χ2n) is 6.97. The summed E-state index contributed by atoms with van der Waals surface area (Å²) < 4.78 is 1.77. The Kier molecular flexibility index (Phi) is 8.21. The molecule has 1 unspecified atom stereocenters. The minimum absolute atomic E-state index is 0. The largest absolute Gasteiger partial charge is 1.00 e. The predicted molar refractivity (Wildman–Crippen MR) is 109 cm³/mol. The second-order valence-corrected chi connectivity index (χ2v) is 6.97.